The topological polar surface area (TPSA) is 48.8 Å². The van der Waals surface area contributed by atoms with Crippen molar-refractivity contribution < 1.29 is 18.6 Å². The molecule has 0 saturated carbocycles. The normalized spacial score (nSPS) is 23.9. The van der Waals surface area contributed by atoms with Crippen LogP contribution in [0.2, 0.25) is 5.02 Å². The second kappa shape index (κ2) is 10.0. The predicted molar refractivity (Wildman–Crippen MR) is 148 cm³/mol. The zero-order valence-corrected chi connectivity index (χ0v) is 23.9. The third-order valence-corrected chi connectivity index (χ3v) is 9.35. The van der Waals surface area contributed by atoms with Crippen LogP contribution in [-0.2, 0) is 23.6 Å². The molecule has 0 spiro atoms. The third kappa shape index (κ3) is 4.86. The van der Waals surface area contributed by atoms with Crippen molar-refractivity contribution in [3.63, 3.8) is 0 Å². The van der Waals surface area contributed by atoms with Gasteiger partial charge in [0.1, 0.15) is 15.3 Å². The van der Waals surface area contributed by atoms with Gasteiger partial charge in [-0.3, -0.25) is 4.90 Å². The number of halogens is 3. The van der Waals surface area contributed by atoms with Gasteiger partial charge in [0.2, 0.25) is 0 Å². The number of hydrogen-bond acceptors (Lipinski definition) is 5. The quantitative estimate of drug-likeness (QED) is 0.293. The largest absolute Gasteiger partial charge is 0.444 e. The fraction of sp³-hybridized carbons (Fsp3) is 0.464. The number of aromatic nitrogens is 2. The first-order valence-corrected chi connectivity index (χ1v) is 14.3. The summed E-state index contributed by atoms with van der Waals surface area (Å²) in [5.74, 6) is 1.17. The molecule has 3 aliphatic rings. The number of ether oxygens (including phenoxy) is 3. The Morgan fingerprint density at radius 3 is 2.65 bits per heavy atom. The first-order chi connectivity index (χ1) is 17.8. The second-order valence-electron chi connectivity index (χ2n) is 10.3. The van der Waals surface area contributed by atoms with E-state index < -0.39 is 11.6 Å². The SMILES string of the molecule is Cc1nc(CN2CCC(c3cccc4c3OC(C)(c3ccc(Cl)cc3F)O4)CC2)n(CC2CCO2)c1I. The minimum absolute atomic E-state index is 0.307. The van der Waals surface area contributed by atoms with Crippen molar-refractivity contribution in [2.45, 2.75) is 64.0 Å². The van der Waals surface area contributed by atoms with E-state index in [0.29, 0.717) is 28.4 Å². The van der Waals surface area contributed by atoms with Gasteiger partial charge in [0, 0.05) is 24.1 Å². The molecule has 9 heteroatoms. The molecule has 2 fully saturated rings. The summed E-state index contributed by atoms with van der Waals surface area (Å²) in [6.45, 7) is 8.36. The van der Waals surface area contributed by atoms with Crippen molar-refractivity contribution in [2.24, 2.45) is 0 Å². The minimum atomic E-state index is -1.23. The number of imidazole rings is 1. The highest BCUT2D eigenvalue weighted by atomic mass is 127. The molecule has 2 saturated heterocycles. The van der Waals surface area contributed by atoms with Crippen LogP contribution in [0.15, 0.2) is 36.4 Å². The molecule has 0 N–H and O–H groups in total. The van der Waals surface area contributed by atoms with Gasteiger partial charge in [0.05, 0.1) is 30.5 Å². The Morgan fingerprint density at radius 1 is 1.16 bits per heavy atom. The summed E-state index contributed by atoms with van der Waals surface area (Å²) in [7, 11) is 0. The maximum Gasteiger partial charge on any atom is 0.278 e. The van der Waals surface area contributed by atoms with Gasteiger partial charge < -0.3 is 18.8 Å². The number of likely N-dealkylation sites (tertiary alicyclic amines) is 1. The van der Waals surface area contributed by atoms with Gasteiger partial charge in [-0.15, -0.1) is 0 Å². The van der Waals surface area contributed by atoms with Crippen LogP contribution in [0.4, 0.5) is 4.39 Å². The minimum Gasteiger partial charge on any atom is -0.444 e. The van der Waals surface area contributed by atoms with Crippen LogP contribution < -0.4 is 9.47 Å². The van der Waals surface area contributed by atoms with Crippen molar-refractivity contribution in [3.05, 3.63) is 73.6 Å². The van der Waals surface area contributed by atoms with Crippen molar-refractivity contribution in [3.8, 4) is 11.5 Å². The molecule has 0 bridgehead atoms. The molecule has 6 rings (SSSR count). The predicted octanol–water partition coefficient (Wildman–Crippen LogP) is 6.40. The van der Waals surface area contributed by atoms with E-state index in [9.17, 15) is 4.39 Å². The van der Waals surface area contributed by atoms with Crippen LogP contribution >= 0.6 is 34.2 Å². The molecule has 3 aliphatic heterocycles. The fourth-order valence-corrected chi connectivity index (χ4v) is 6.34. The zero-order chi connectivity index (χ0) is 25.7. The molecule has 0 amide bonds. The van der Waals surface area contributed by atoms with Crippen LogP contribution in [0.1, 0.15) is 54.7 Å². The van der Waals surface area contributed by atoms with Crippen molar-refractivity contribution >= 4 is 34.2 Å². The number of rotatable bonds is 6. The summed E-state index contributed by atoms with van der Waals surface area (Å²) in [6, 6.07) is 10.6. The summed E-state index contributed by atoms with van der Waals surface area (Å²) < 4.78 is 36.5. The summed E-state index contributed by atoms with van der Waals surface area (Å²) >= 11 is 8.36. The summed E-state index contributed by atoms with van der Waals surface area (Å²) in [5, 5.41) is 0.344. The number of aryl methyl sites for hydroxylation is 1. The van der Waals surface area contributed by atoms with Gasteiger partial charge in [-0.1, -0.05) is 23.7 Å². The number of benzene rings is 2. The molecule has 3 aromatic rings. The summed E-state index contributed by atoms with van der Waals surface area (Å²) in [5.41, 5.74) is 2.55. The van der Waals surface area contributed by atoms with Gasteiger partial charge in [0.25, 0.3) is 5.79 Å². The number of para-hydroxylation sites is 1. The van der Waals surface area contributed by atoms with Crippen LogP contribution in [0.5, 0.6) is 11.5 Å². The maximum absolute atomic E-state index is 14.7. The number of hydrogen-bond donors (Lipinski definition) is 0. The summed E-state index contributed by atoms with van der Waals surface area (Å²) in [4.78, 5) is 7.37. The molecule has 196 valence electrons. The van der Waals surface area contributed by atoms with E-state index in [1.54, 1.807) is 19.1 Å². The van der Waals surface area contributed by atoms with Crippen LogP contribution in [0, 0.1) is 16.4 Å². The molecule has 2 unspecified atom stereocenters. The van der Waals surface area contributed by atoms with Crippen molar-refractivity contribution in [2.75, 3.05) is 19.7 Å². The molecule has 2 atom stereocenters. The van der Waals surface area contributed by atoms with Gasteiger partial charge in [-0.2, -0.15) is 0 Å². The standard InChI is InChI=1S/C28H30ClFIN3O3/c1-17-27(31)34(15-20-10-13-35-20)25(32-17)16-33-11-8-18(9-12-33)21-4-3-5-24-26(21)37-28(2,36-24)22-7-6-19(29)14-23(22)30/h3-7,14,18,20H,8-13,15-16H2,1-2H3. The van der Waals surface area contributed by atoms with Crippen LogP contribution in [-0.4, -0.2) is 40.3 Å². The monoisotopic (exact) mass is 637 g/mol. The number of fused-ring (bicyclic) bond motifs is 1. The lowest BCUT2D eigenvalue weighted by atomic mass is 9.88. The third-order valence-electron chi connectivity index (χ3n) is 7.75. The Balaban J connectivity index is 1.15. The Hall–Kier alpha value is -1.88. The molecule has 1 aromatic heterocycles. The zero-order valence-electron chi connectivity index (χ0n) is 21.0. The molecular weight excluding hydrogens is 608 g/mol. The lowest BCUT2D eigenvalue weighted by Crippen LogP contribution is -2.35. The van der Waals surface area contributed by atoms with E-state index >= 15 is 0 Å². The molecular formula is C28H30ClFIN3O3. The Morgan fingerprint density at radius 2 is 1.95 bits per heavy atom. The van der Waals surface area contributed by atoms with Crippen molar-refractivity contribution in [1.82, 2.24) is 14.5 Å². The fourth-order valence-electron chi connectivity index (χ4n) is 5.59. The first-order valence-electron chi connectivity index (χ1n) is 12.8. The molecule has 0 aliphatic carbocycles. The van der Waals surface area contributed by atoms with E-state index in [1.807, 2.05) is 12.1 Å². The Bertz CT molecular complexity index is 1320. The van der Waals surface area contributed by atoms with E-state index in [2.05, 4.69) is 45.0 Å². The number of nitrogens with zero attached hydrogens (tertiary/aromatic N) is 3. The van der Waals surface area contributed by atoms with E-state index in [1.165, 1.54) is 9.77 Å². The Labute approximate surface area is 235 Å². The highest BCUT2D eigenvalue weighted by Gasteiger charge is 2.43. The highest BCUT2D eigenvalue weighted by Crippen LogP contribution is 2.49. The van der Waals surface area contributed by atoms with Gasteiger partial charge in [-0.05, 0) is 92.0 Å². The second-order valence-corrected chi connectivity index (χ2v) is 11.8. The van der Waals surface area contributed by atoms with Crippen LogP contribution in [0.25, 0.3) is 0 Å². The van der Waals surface area contributed by atoms with E-state index in [-0.39, 0.29) is 0 Å². The molecule has 37 heavy (non-hydrogen) atoms. The molecule has 2 aromatic carbocycles. The Kier molecular flexibility index (Phi) is 6.88. The average Bonchev–Trinajstić information content (AvgIpc) is 3.32. The van der Waals surface area contributed by atoms with Gasteiger partial charge in [-0.25, -0.2) is 9.37 Å². The van der Waals surface area contributed by atoms with E-state index in [4.69, 9.17) is 30.8 Å². The van der Waals surface area contributed by atoms with Gasteiger partial charge in [0.15, 0.2) is 11.5 Å². The van der Waals surface area contributed by atoms with E-state index in [0.717, 1.165) is 74.9 Å². The molecule has 0 radical (unpaired) electrons. The molecule has 6 nitrogen and oxygen atoms in total. The smallest absolute Gasteiger partial charge is 0.278 e. The van der Waals surface area contributed by atoms with Crippen LogP contribution in [0.3, 0.4) is 0 Å². The lowest BCUT2D eigenvalue weighted by Gasteiger charge is -2.33. The van der Waals surface area contributed by atoms with Crippen molar-refractivity contribution in [1.29, 1.82) is 0 Å². The first kappa shape index (κ1) is 25.4. The number of piperidine rings is 1. The maximum atomic E-state index is 14.7. The molecule has 4 heterocycles. The summed E-state index contributed by atoms with van der Waals surface area (Å²) in [6.07, 6.45) is 3.44. The lowest BCUT2D eigenvalue weighted by molar-refractivity contribution is -0.0712. The average molecular weight is 638 g/mol. The highest BCUT2D eigenvalue weighted by molar-refractivity contribution is 14.1. The van der Waals surface area contributed by atoms with Gasteiger partial charge >= 0.3 is 0 Å².